The smallest absolute Gasteiger partial charge is 0.0158 e. The summed E-state index contributed by atoms with van der Waals surface area (Å²) in [5.74, 6) is 0. The molecule has 0 nitrogen and oxygen atoms in total. The maximum absolute atomic E-state index is 2.50. The van der Waals surface area contributed by atoms with Crippen LogP contribution in [0.2, 0.25) is 0 Å². The van der Waals surface area contributed by atoms with Crippen molar-refractivity contribution in [3.63, 3.8) is 0 Å². The Bertz CT molecular complexity index is 407. The number of hydrogen-bond donors (Lipinski definition) is 0. The fourth-order valence-corrected chi connectivity index (χ4v) is 11.5. The molecule has 110 valence electrons. The van der Waals surface area contributed by atoms with Crippen LogP contribution in [-0.4, -0.2) is 22.6 Å². The highest BCUT2D eigenvalue weighted by molar-refractivity contribution is 7.73. The summed E-state index contributed by atoms with van der Waals surface area (Å²) >= 11 is 0. The maximum Gasteiger partial charge on any atom is -0.0158 e. The first-order valence-corrected chi connectivity index (χ1v) is 11.2. The third-order valence-electron chi connectivity index (χ3n) is 5.34. The number of hydrogen-bond acceptors (Lipinski definition) is 0. The minimum atomic E-state index is 0.0785. The van der Waals surface area contributed by atoms with Gasteiger partial charge in [0.05, 0.1) is 0 Å². The molecule has 2 heteroatoms. The first kappa shape index (κ1) is 15.0. The summed E-state index contributed by atoms with van der Waals surface area (Å²) in [6, 6.07) is 9.55. The van der Waals surface area contributed by atoms with Crippen LogP contribution in [0.1, 0.15) is 53.4 Å². The van der Waals surface area contributed by atoms with Crippen LogP contribution in [0.15, 0.2) is 24.3 Å². The monoisotopic (exact) mass is 306 g/mol. The van der Waals surface area contributed by atoms with Gasteiger partial charge in [0, 0.05) is 0 Å². The highest BCUT2D eigenvalue weighted by Crippen LogP contribution is 2.58. The zero-order valence-electron chi connectivity index (χ0n) is 13.3. The molecule has 1 aromatic carbocycles. The van der Waals surface area contributed by atoms with Crippen LogP contribution in [0.4, 0.5) is 0 Å². The van der Waals surface area contributed by atoms with Crippen molar-refractivity contribution >= 4 is 26.5 Å². The topological polar surface area (TPSA) is 0 Å². The molecule has 0 radical (unpaired) electrons. The molecule has 0 spiro atoms. The summed E-state index contributed by atoms with van der Waals surface area (Å²) in [4.78, 5) is 0. The fraction of sp³-hybridized carbons (Fsp3) is 0.667. The van der Waals surface area contributed by atoms with Gasteiger partial charge in [0.1, 0.15) is 0 Å². The lowest BCUT2D eigenvalue weighted by atomic mass is 10.2. The van der Waals surface area contributed by atoms with Crippen molar-refractivity contribution in [2.45, 2.75) is 76.0 Å². The Morgan fingerprint density at radius 3 is 1.25 bits per heavy atom. The van der Waals surface area contributed by atoms with E-state index in [-0.39, 0.29) is 15.8 Å². The van der Waals surface area contributed by atoms with Gasteiger partial charge in [-0.25, -0.2) is 0 Å². The molecule has 2 saturated heterocycles. The lowest BCUT2D eigenvalue weighted by Crippen LogP contribution is -2.28. The predicted octanol–water partition coefficient (Wildman–Crippen LogP) is 5.04. The molecule has 1 aromatic rings. The second kappa shape index (κ2) is 6.06. The van der Waals surface area contributed by atoms with Crippen LogP contribution in [0.3, 0.4) is 0 Å². The minimum absolute atomic E-state index is 0.0785. The van der Waals surface area contributed by atoms with Crippen molar-refractivity contribution < 1.29 is 0 Å². The second-order valence-corrected chi connectivity index (χ2v) is 13.0. The second-order valence-electron chi connectivity index (χ2n) is 6.85. The molecule has 2 unspecified atom stereocenters. The molecule has 2 fully saturated rings. The van der Waals surface area contributed by atoms with Crippen LogP contribution in [-0.2, 0) is 0 Å². The lowest BCUT2D eigenvalue weighted by Gasteiger charge is -2.30. The Balaban J connectivity index is 2.00. The van der Waals surface area contributed by atoms with Crippen molar-refractivity contribution in [3.8, 4) is 0 Å². The molecule has 3 rings (SSSR count). The molecule has 20 heavy (non-hydrogen) atoms. The average molecular weight is 306 g/mol. The molecule has 0 saturated carbocycles. The molecule has 0 amide bonds. The van der Waals surface area contributed by atoms with Gasteiger partial charge in [-0.05, 0) is 58.9 Å². The Kier molecular flexibility index (Phi) is 4.54. The molecule has 2 heterocycles. The average Bonchev–Trinajstić information content (AvgIpc) is 2.93. The standard InChI is InChI=1S/C18H28P2/c1-13-9-10-14(2)19(13)17-7-5-6-8-18(17)20-15(3)11-12-16(20)4/h5-8,13-16H,9-12H2,1-4H3/t13-,14+,15-,16+,19?,20?. The summed E-state index contributed by atoms with van der Waals surface area (Å²) in [6.45, 7) is 10.0. The molecular formula is C18H28P2. The van der Waals surface area contributed by atoms with Gasteiger partial charge < -0.3 is 0 Å². The summed E-state index contributed by atoms with van der Waals surface area (Å²) in [5, 5.41) is 3.57. The minimum Gasteiger partial charge on any atom is -0.0688 e. The van der Waals surface area contributed by atoms with E-state index in [0.717, 1.165) is 22.6 Å². The summed E-state index contributed by atoms with van der Waals surface area (Å²) < 4.78 is 0. The lowest BCUT2D eigenvalue weighted by molar-refractivity contribution is 0.777. The van der Waals surface area contributed by atoms with Crippen LogP contribution < -0.4 is 10.6 Å². The Morgan fingerprint density at radius 1 is 0.650 bits per heavy atom. The van der Waals surface area contributed by atoms with E-state index in [2.05, 4.69) is 52.0 Å². The van der Waals surface area contributed by atoms with Gasteiger partial charge in [-0.1, -0.05) is 67.8 Å². The fourth-order valence-electron chi connectivity index (χ4n) is 4.24. The van der Waals surface area contributed by atoms with E-state index in [4.69, 9.17) is 0 Å². The van der Waals surface area contributed by atoms with E-state index >= 15 is 0 Å². The maximum atomic E-state index is 2.50. The first-order chi connectivity index (χ1) is 9.59. The highest BCUT2D eigenvalue weighted by atomic mass is 31.1. The van der Waals surface area contributed by atoms with Gasteiger partial charge in [0.15, 0.2) is 0 Å². The van der Waals surface area contributed by atoms with Crippen LogP contribution in [0.5, 0.6) is 0 Å². The molecule has 0 bridgehead atoms. The highest BCUT2D eigenvalue weighted by Gasteiger charge is 2.37. The molecule has 0 aromatic heterocycles. The third-order valence-corrected chi connectivity index (χ3v) is 12.2. The van der Waals surface area contributed by atoms with Crippen molar-refractivity contribution in [1.29, 1.82) is 0 Å². The van der Waals surface area contributed by atoms with E-state index < -0.39 is 0 Å². The van der Waals surface area contributed by atoms with Crippen molar-refractivity contribution in [3.05, 3.63) is 24.3 Å². The molecular weight excluding hydrogens is 278 g/mol. The zero-order valence-corrected chi connectivity index (χ0v) is 15.1. The van der Waals surface area contributed by atoms with Gasteiger partial charge in [-0.15, -0.1) is 0 Å². The van der Waals surface area contributed by atoms with Gasteiger partial charge in [-0.3, -0.25) is 0 Å². The first-order valence-electron chi connectivity index (χ1n) is 8.25. The van der Waals surface area contributed by atoms with Crippen molar-refractivity contribution in [2.24, 2.45) is 0 Å². The Hall–Kier alpha value is 0.0800. The molecule has 0 aliphatic carbocycles. The zero-order chi connectivity index (χ0) is 14.3. The van der Waals surface area contributed by atoms with Crippen molar-refractivity contribution in [1.82, 2.24) is 0 Å². The van der Waals surface area contributed by atoms with Gasteiger partial charge in [-0.2, -0.15) is 0 Å². The third kappa shape index (κ3) is 2.60. The summed E-state index contributed by atoms with van der Waals surface area (Å²) in [6.07, 6.45) is 5.79. The predicted molar refractivity (Wildman–Crippen MR) is 95.9 cm³/mol. The number of benzene rings is 1. The summed E-state index contributed by atoms with van der Waals surface area (Å²) in [7, 11) is 0.157. The van der Waals surface area contributed by atoms with Gasteiger partial charge >= 0.3 is 0 Å². The van der Waals surface area contributed by atoms with Crippen LogP contribution in [0.25, 0.3) is 0 Å². The van der Waals surface area contributed by atoms with Crippen LogP contribution in [0, 0.1) is 0 Å². The van der Waals surface area contributed by atoms with E-state index in [1.807, 2.05) is 0 Å². The SMILES string of the molecule is C[C@@H]1CC[C@H](C)P1c1ccccc1P1[C@H](C)CC[C@@H]1C. The van der Waals surface area contributed by atoms with Gasteiger partial charge in [0.2, 0.25) is 0 Å². The van der Waals surface area contributed by atoms with E-state index in [1.54, 1.807) is 10.6 Å². The van der Waals surface area contributed by atoms with Crippen molar-refractivity contribution in [2.75, 3.05) is 0 Å². The van der Waals surface area contributed by atoms with Gasteiger partial charge in [0.25, 0.3) is 0 Å². The quantitative estimate of drug-likeness (QED) is 0.671. The number of rotatable bonds is 2. The largest absolute Gasteiger partial charge is 0.0688 e. The molecule has 2 aliphatic heterocycles. The van der Waals surface area contributed by atoms with Crippen LogP contribution >= 0.6 is 15.8 Å². The van der Waals surface area contributed by atoms with E-state index in [0.29, 0.717) is 0 Å². The van der Waals surface area contributed by atoms with E-state index in [9.17, 15) is 0 Å². The molecule has 6 atom stereocenters. The molecule has 2 aliphatic rings. The molecule has 0 N–H and O–H groups in total. The normalized spacial score (nSPS) is 41.2. The Morgan fingerprint density at radius 2 is 0.950 bits per heavy atom. The van der Waals surface area contributed by atoms with E-state index in [1.165, 1.54) is 25.7 Å². The Labute approximate surface area is 127 Å². The summed E-state index contributed by atoms with van der Waals surface area (Å²) in [5.41, 5.74) is 3.74.